The number of aryl methyl sites for hydroxylation is 2. The van der Waals surface area contributed by atoms with Gasteiger partial charge in [0.2, 0.25) is 10.0 Å². The second kappa shape index (κ2) is 7.48. The lowest BCUT2D eigenvalue weighted by Crippen LogP contribution is -2.49. The number of rotatable bonds is 4. The molecule has 1 aliphatic rings. The largest absolute Gasteiger partial charge is 0.352 e. The smallest absolute Gasteiger partial charge is 0.243 e. The molecule has 28 heavy (non-hydrogen) atoms. The van der Waals surface area contributed by atoms with Gasteiger partial charge in [0.25, 0.3) is 0 Å². The highest BCUT2D eigenvalue weighted by Gasteiger charge is 2.29. The zero-order valence-corrected chi connectivity index (χ0v) is 17.0. The molecule has 1 aliphatic heterocycles. The summed E-state index contributed by atoms with van der Waals surface area (Å²) in [4.78, 5) is 12.1. The molecule has 7 heteroatoms. The monoisotopic (exact) mass is 396 g/mol. The molecule has 0 spiro atoms. The Hall–Kier alpha value is -2.51. The first-order valence-electron chi connectivity index (χ1n) is 9.56. The van der Waals surface area contributed by atoms with Crippen molar-refractivity contribution in [1.29, 1.82) is 0 Å². The Morgan fingerprint density at radius 2 is 1.50 bits per heavy atom. The van der Waals surface area contributed by atoms with E-state index in [-0.39, 0.29) is 0 Å². The van der Waals surface area contributed by atoms with Crippen LogP contribution in [0.15, 0.2) is 53.4 Å². The van der Waals surface area contributed by atoms with E-state index in [2.05, 4.69) is 11.8 Å². The van der Waals surface area contributed by atoms with E-state index in [9.17, 15) is 8.42 Å². The molecular weight excluding hydrogens is 372 g/mol. The molecule has 4 rings (SSSR count). The molecule has 1 saturated heterocycles. The van der Waals surface area contributed by atoms with E-state index < -0.39 is 10.0 Å². The van der Waals surface area contributed by atoms with Crippen molar-refractivity contribution >= 4 is 26.9 Å². The zero-order valence-electron chi connectivity index (χ0n) is 16.2. The predicted molar refractivity (Wildman–Crippen MR) is 111 cm³/mol. The Labute approximate surface area is 165 Å². The first-order chi connectivity index (χ1) is 13.5. The summed E-state index contributed by atoms with van der Waals surface area (Å²) in [6, 6.07) is 14.9. The highest BCUT2D eigenvalue weighted by molar-refractivity contribution is 7.89. The molecule has 0 saturated carbocycles. The van der Waals surface area contributed by atoms with Crippen LogP contribution in [0.1, 0.15) is 18.2 Å². The third-order valence-corrected chi connectivity index (χ3v) is 7.07. The molecule has 3 aromatic rings. The summed E-state index contributed by atoms with van der Waals surface area (Å²) >= 11 is 0. The molecule has 6 nitrogen and oxygen atoms in total. The van der Waals surface area contributed by atoms with E-state index in [1.165, 1.54) is 0 Å². The topological polar surface area (TPSA) is 66.4 Å². The Bertz CT molecular complexity index is 1090. The van der Waals surface area contributed by atoms with Gasteiger partial charge >= 0.3 is 0 Å². The van der Waals surface area contributed by atoms with Crippen LogP contribution in [0.3, 0.4) is 0 Å². The van der Waals surface area contributed by atoms with Crippen molar-refractivity contribution in [2.24, 2.45) is 0 Å². The summed E-state index contributed by atoms with van der Waals surface area (Å²) in [7, 11) is -3.46. The summed E-state index contributed by atoms with van der Waals surface area (Å²) in [5.41, 5.74) is 3.76. The van der Waals surface area contributed by atoms with Gasteiger partial charge in [0, 0.05) is 26.2 Å². The Morgan fingerprint density at radius 3 is 2.11 bits per heavy atom. The number of aromatic nitrogens is 2. The quantitative estimate of drug-likeness (QED) is 0.678. The summed E-state index contributed by atoms with van der Waals surface area (Å²) < 4.78 is 27.4. The van der Waals surface area contributed by atoms with Crippen LogP contribution in [0, 0.1) is 6.92 Å². The molecule has 0 amide bonds. The van der Waals surface area contributed by atoms with Crippen molar-refractivity contribution in [3.63, 3.8) is 0 Å². The normalized spacial score (nSPS) is 15.9. The molecule has 0 atom stereocenters. The molecule has 0 aliphatic carbocycles. The minimum Gasteiger partial charge on any atom is -0.352 e. The van der Waals surface area contributed by atoms with Crippen molar-refractivity contribution in [2.45, 2.75) is 25.2 Å². The number of para-hydroxylation sites is 2. The van der Waals surface area contributed by atoms with E-state index in [0.29, 0.717) is 31.1 Å². The van der Waals surface area contributed by atoms with Crippen molar-refractivity contribution < 1.29 is 8.42 Å². The van der Waals surface area contributed by atoms with Crippen molar-refractivity contribution in [3.05, 3.63) is 59.8 Å². The van der Waals surface area contributed by atoms with Gasteiger partial charge in [0.05, 0.1) is 21.6 Å². The van der Waals surface area contributed by atoms with E-state index in [0.717, 1.165) is 34.5 Å². The molecular formula is C21H24N4O2S. The third kappa shape index (κ3) is 3.47. The predicted octanol–water partition coefficient (Wildman–Crippen LogP) is 3.01. The number of nitrogens with zero attached hydrogens (tertiary/aromatic N) is 4. The van der Waals surface area contributed by atoms with E-state index in [1.807, 2.05) is 43.3 Å². The number of benzene rings is 2. The van der Waals surface area contributed by atoms with Crippen LogP contribution in [0.5, 0.6) is 0 Å². The molecule has 0 unspecified atom stereocenters. The van der Waals surface area contributed by atoms with Crippen molar-refractivity contribution in [3.8, 4) is 0 Å². The number of hydrogen-bond donors (Lipinski definition) is 0. The molecule has 0 radical (unpaired) electrons. The van der Waals surface area contributed by atoms with Crippen LogP contribution in [0.2, 0.25) is 0 Å². The van der Waals surface area contributed by atoms with Gasteiger partial charge in [-0.05, 0) is 37.6 Å². The fourth-order valence-electron chi connectivity index (χ4n) is 3.52. The summed E-state index contributed by atoms with van der Waals surface area (Å²) in [5, 5.41) is 0. The van der Waals surface area contributed by atoms with E-state index in [1.54, 1.807) is 16.4 Å². The van der Waals surface area contributed by atoms with Gasteiger partial charge < -0.3 is 4.90 Å². The van der Waals surface area contributed by atoms with E-state index in [4.69, 9.17) is 9.97 Å². The molecule has 1 aromatic heterocycles. The summed E-state index contributed by atoms with van der Waals surface area (Å²) in [6.07, 6.45) is 0.787. The molecule has 0 N–H and O–H groups in total. The zero-order chi connectivity index (χ0) is 19.7. The maximum absolute atomic E-state index is 12.9. The Morgan fingerprint density at radius 1 is 0.893 bits per heavy atom. The minimum absolute atomic E-state index is 0.353. The number of hydrogen-bond acceptors (Lipinski definition) is 5. The Balaban J connectivity index is 1.56. The lowest BCUT2D eigenvalue weighted by Gasteiger charge is -2.35. The summed E-state index contributed by atoms with van der Waals surface area (Å²) in [5.74, 6) is 0.869. The van der Waals surface area contributed by atoms with Gasteiger partial charge in [-0.3, -0.25) is 0 Å². The van der Waals surface area contributed by atoms with Crippen molar-refractivity contribution in [2.75, 3.05) is 31.1 Å². The van der Waals surface area contributed by atoms with Gasteiger partial charge in [0.1, 0.15) is 0 Å². The van der Waals surface area contributed by atoms with Crippen LogP contribution in [0.4, 0.5) is 5.82 Å². The molecule has 2 aromatic carbocycles. The lowest BCUT2D eigenvalue weighted by atomic mass is 10.2. The van der Waals surface area contributed by atoms with Crippen molar-refractivity contribution in [1.82, 2.24) is 14.3 Å². The molecule has 1 fully saturated rings. The second-order valence-corrected chi connectivity index (χ2v) is 8.98. The first kappa shape index (κ1) is 18.8. The molecule has 2 heterocycles. The van der Waals surface area contributed by atoms with Gasteiger partial charge in [-0.25, -0.2) is 18.4 Å². The number of sulfonamides is 1. The van der Waals surface area contributed by atoms with Gasteiger partial charge in [-0.1, -0.05) is 36.8 Å². The van der Waals surface area contributed by atoms with Crippen LogP contribution < -0.4 is 4.90 Å². The SMILES string of the molecule is CCc1nc2ccccc2nc1N1CCN(S(=O)(=O)c2ccc(C)cc2)CC1. The average Bonchev–Trinajstić information content (AvgIpc) is 2.73. The Kier molecular flexibility index (Phi) is 5.03. The summed E-state index contributed by atoms with van der Waals surface area (Å²) in [6.45, 7) is 6.10. The maximum Gasteiger partial charge on any atom is 0.243 e. The number of piperazine rings is 1. The maximum atomic E-state index is 12.9. The van der Waals surface area contributed by atoms with Crippen LogP contribution in [-0.4, -0.2) is 48.9 Å². The van der Waals surface area contributed by atoms with Crippen LogP contribution in [0.25, 0.3) is 11.0 Å². The lowest BCUT2D eigenvalue weighted by molar-refractivity contribution is 0.383. The third-order valence-electron chi connectivity index (χ3n) is 5.15. The van der Waals surface area contributed by atoms with E-state index >= 15 is 0 Å². The van der Waals surface area contributed by atoms with Crippen LogP contribution >= 0.6 is 0 Å². The van der Waals surface area contributed by atoms with Crippen LogP contribution in [-0.2, 0) is 16.4 Å². The van der Waals surface area contributed by atoms with Gasteiger partial charge in [0.15, 0.2) is 5.82 Å². The fourth-order valence-corrected chi connectivity index (χ4v) is 4.94. The molecule has 146 valence electrons. The fraction of sp³-hybridized carbons (Fsp3) is 0.333. The number of fused-ring (bicyclic) bond motifs is 1. The first-order valence-corrected chi connectivity index (χ1v) is 11.0. The van der Waals surface area contributed by atoms with Gasteiger partial charge in [-0.2, -0.15) is 4.31 Å². The minimum atomic E-state index is -3.46. The molecule has 0 bridgehead atoms. The second-order valence-electron chi connectivity index (χ2n) is 7.04. The highest BCUT2D eigenvalue weighted by atomic mass is 32.2. The standard InChI is InChI=1S/C21H24N4O2S/c1-3-18-21(23-20-7-5-4-6-19(20)22-18)24-12-14-25(15-13-24)28(26,27)17-10-8-16(2)9-11-17/h4-11H,3,12-15H2,1-2H3. The van der Waals surface area contributed by atoms with Gasteiger partial charge in [-0.15, -0.1) is 0 Å². The average molecular weight is 397 g/mol. The number of anilines is 1. The highest BCUT2D eigenvalue weighted by Crippen LogP contribution is 2.24.